The summed E-state index contributed by atoms with van der Waals surface area (Å²) in [6, 6.07) is 10.5. The zero-order valence-corrected chi connectivity index (χ0v) is 19.8. The lowest BCUT2D eigenvalue weighted by molar-refractivity contribution is -0.127. The van der Waals surface area contributed by atoms with Gasteiger partial charge in [-0.2, -0.15) is 0 Å². The van der Waals surface area contributed by atoms with Crippen molar-refractivity contribution < 1.29 is 9.59 Å². The molecule has 1 aromatic carbocycles. The number of hydrogen-bond acceptors (Lipinski definition) is 4. The number of nitrogens with one attached hydrogen (secondary N) is 2. The summed E-state index contributed by atoms with van der Waals surface area (Å²) < 4.78 is 0. The van der Waals surface area contributed by atoms with Crippen molar-refractivity contribution in [1.82, 2.24) is 15.2 Å². The largest absolute Gasteiger partial charge is 0.353 e. The second-order valence-corrected chi connectivity index (χ2v) is 9.66. The number of aromatic nitrogens is 1. The monoisotopic (exact) mass is 448 g/mol. The number of nitrogens with zero attached hydrogens (tertiary/aromatic N) is 2. The summed E-state index contributed by atoms with van der Waals surface area (Å²) >= 11 is 0. The number of aryl methyl sites for hydroxylation is 1. The van der Waals surface area contributed by atoms with Crippen LogP contribution in [0.25, 0.3) is 0 Å². The van der Waals surface area contributed by atoms with Crippen LogP contribution in [0.2, 0.25) is 0 Å². The molecule has 1 atom stereocenters. The number of amides is 2. The van der Waals surface area contributed by atoms with Crippen molar-refractivity contribution in [1.29, 1.82) is 0 Å². The number of piperidine rings is 1. The average Bonchev–Trinajstić information content (AvgIpc) is 2.84. The first-order valence-electron chi connectivity index (χ1n) is 12.4. The van der Waals surface area contributed by atoms with Crippen molar-refractivity contribution in [3.05, 3.63) is 59.4 Å². The van der Waals surface area contributed by atoms with Crippen LogP contribution < -0.4 is 10.6 Å². The first-order valence-corrected chi connectivity index (χ1v) is 12.4. The fraction of sp³-hybridized carbons (Fsp3) is 0.519. The molecular formula is C27H36N4O2. The van der Waals surface area contributed by atoms with Gasteiger partial charge in [-0.05, 0) is 81.9 Å². The van der Waals surface area contributed by atoms with Gasteiger partial charge in [0.2, 0.25) is 5.91 Å². The van der Waals surface area contributed by atoms with E-state index in [-0.39, 0.29) is 23.8 Å². The summed E-state index contributed by atoms with van der Waals surface area (Å²) in [6.45, 7) is 5.95. The third-order valence-corrected chi connectivity index (χ3v) is 7.16. The molecule has 1 saturated carbocycles. The van der Waals surface area contributed by atoms with E-state index < -0.39 is 0 Å². The Balaban J connectivity index is 1.31. The first kappa shape index (κ1) is 23.4. The van der Waals surface area contributed by atoms with Crippen LogP contribution in [-0.2, 0) is 4.79 Å². The highest BCUT2D eigenvalue weighted by molar-refractivity contribution is 6.04. The van der Waals surface area contributed by atoms with E-state index in [2.05, 4.69) is 33.5 Å². The Labute approximate surface area is 197 Å². The Morgan fingerprint density at radius 3 is 2.52 bits per heavy atom. The molecule has 4 rings (SSSR count). The predicted octanol–water partition coefficient (Wildman–Crippen LogP) is 4.86. The molecule has 2 amide bonds. The summed E-state index contributed by atoms with van der Waals surface area (Å²) in [4.78, 5) is 31.9. The number of likely N-dealkylation sites (tertiary alicyclic amines) is 1. The van der Waals surface area contributed by atoms with E-state index in [1.165, 1.54) is 24.8 Å². The van der Waals surface area contributed by atoms with Crippen LogP contribution in [-0.4, -0.2) is 40.8 Å². The van der Waals surface area contributed by atoms with Gasteiger partial charge >= 0.3 is 0 Å². The van der Waals surface area contributed by atoms with Gasteiger partial charge in [0.1, 0.15) is 0 Å². The Bertz CT molecular complexity index is 962. The van der Waals surface area contributed by atoms with Gasteiger partial charge in [0, 0.05) is 36.1 Å². The van der Waals surface area contributed by atoms with Crippen LogP contribution in [0.15, 0.2) is 42.7 Å². The fourth-order valence-electron chi connectivity index (χ4n) is 5.08. The number of pyridine rings is 1. The van der Waals surface area contributed by atoms with Gasteiger partial charge in [-0.1, -0.05) is 31.4 Å². The molecule has 0 radical (unpaired) electrons. The van der Waals surface area contributed by atoms with Crippen LogP contribution in [0.5, 0.6) is 0 Å². The lowest BCUT2D eigenvalue weighted by Crippen LogP contribution is -2.44. The quantitative estimate of drug-likeness (QED) is 0.662. The van der Waals surface area contributed by atoms with E-state index in [0.717, 1.165) is 50.0 Å². The molecule has 1 aliphatic heterocycles. The van der Waals surface area contributed by atoms with Crippen molar-refractivity contribution in [2.24, 2.45) is 5.92 Å². The topological polar surface area (TPSA) is 74.3 Å². The fourth-order valence-corrected chi connectivity index (χ4v) is 5.08. The van der Waals surface area contributed by atoms with Gasteiger partial charge in [0.25, 0.3) is 5.91 Å². The van der Waals surface area contributed by atoms with E-state index in [9.17, 15) is 9.59 Å². The molecule has 2 aliphatic rings. The van der Waals surface area contributed by atoms with Gasteiger partial charge in [-0.3, -0.25) is 19.5 Å². The summed E-state index contributed by atoms with van der Waals surface area (Å²) in [5, 5.41) is 6.30. The lowest BCUT2D eigenvalue weighted by atomic mass is 9.91. The van der Waals surface area contributed by atoms with Gasteiger partial charge in [0.15, 0.2) is 0 Å². The van der Waals surface area contributed by atoms with Crippen LogP contribution in [0.3, 0.4) is 0 Å². The minimum atomic E-state index is -0.152. The molecule has 1 saturated heterocycles. The van der Waals surface area contributed by atoms with Crippen LogP contribution in [0, 0.1) is 12.8 Å². The highest BCUT2D eigenvalue weighted by Gasteiger charge is 2.29. The minimum Gasteiger partial charge on any atom is -0.353 e. The standard InChI is InChI=1S/C27H36N4O2/c1-19-15-23(18-28-17-19)27(33)30-25-10-6-7-22(16-25)20(2)31-13-11-21(12-14-31)26(32)29-24-8-4-3-5-9-24/h6-7,10,15-18,20-21,24H,3-5,8-9,11-14H2,1-2H3,(H,29,32)(H,30,33). The number of anilines is 1. The number of hydrogen-bond donors (Lipinski definition) is 2. The molecule has 33 heavy (non-hydrogen) atoms. The maximum atomic E-state index is 12.7. The van der Waals surface area contributed by atoms with Gasteiger partial charge in [-0.15, -0.1) is 0 Å². The molecule has 176 valence electrons. The number of rotatable bonds is 6. The molecule has 2 aromatic rings. The van der Waals surface area contributed by atoms with Gasteiger partial charge < -0.3 is 10.6 Å². The smallest absolute Gasteiger partial charge is 0.257 e. The minimum absolute atomic E-state index is 0.129. The van der Waals surface area contributed by atoms with E-state index in [1.807, 2.05) is 31.2 Å². The predicted molar refractivity (Wildman–Crippen MR) is 131 cm³/mol. The third-order valence-electron chi connectivity index (χ3n) is 7.16. The van der Waals surface area contributed by atoms with Crippen molar-refractivity contribution in [3.8, 4) is 0 Å². The van der Waals surface area contributed by atoms with E-state index in [0.29, 0.717) is 11.6 Å². The molecule has 2 heterocycles. The molecule has 2 fully saturated rings. The number of carbonyl (C=O) groups is 2. The van der Waals surface area contributed by atoms with E-state index >= 15 is 0 Å². The van der Waals surface area contributed by atoms with E-state index in [4.69, 9.17) is 0 Å². The average molecular weight is 449 g/mol. The number of carbonyl (C=O) groups excluding carboxylic acids is 2. The Hall–Kier alpha value is -2.73. The molecule has 0 spiro atoms. The lowest BCUT2D eigenvalue weighted by Gasteiger charge is -2.36. The Morgan fingerprint density at radius 1 is 1.03 bits per heavy atom. The van der Waals surface area contributed by atoms with Crippen molar-refractivity contribution in [3.63, 3.8) is 0 Å². The van der Waals surface area contributed by atoms with Crippen molar-refractivity contribution in [2.45, 2.75) is 70.9 Å². The van der Waals surface area contributed by atoms with Crippen molar-refractivity contribution >= 4 is 17.5 Å². The second-order valence-electron chi connectivity index (χ2n) is 9.66. The molecule has 6 nitrogen and oxygen atoms in total. The molecule has 6 heteroatoms. The van der Waals surface area contributed by atoms with Gasteiger partial charge in [0.05, 0.1) is 5.56 Å². The van der Waals surface area contributed by atoms with Gasteiger partial charge in [-0.25, -0.2) is 0 Å². The Kier molecular flexibility index (Phi) is 7.76. The summed E-state index contributed by atoms with van der Waals surface area (Å²) in [6.07, 6.45) is 11.2. The molecule has 2 N–H and O–H groups in total. The summed E-state index contributed by atoms with van der Waals surface area (Å²) in [5.41, 5.74) is 3.47. The summed E-state index contributed by atoms with van der Waals surface area (Å²) in [7, 11) is 0. The maximum absolute atomic E-state index is 12.7. The van der Waals surface area contributed by atoms with E-state index in [1.54, 1.807) is 12.4 Å². The molecular weight excluding hydrogens is 412 g/mol. The zero-order chi connectivity index (χ0) is 23.2. The molecule has 1 aromatic heterocycles. The third kappa shape index (κ3) is 6.20. The maximum Gasteiger partial charge on any atom is 0.257 e. The highest BCUT2D eigenvalue weighted by atomic mass is 16.2. The normalized spacial score (nSPS) is 19.1. The first-order chi connectivity index (χ1) is 16.0. The molecule has 1 aliphatic carbocycles. The number of benzene rings is 1. The van der Waals surface area contributed by atoms with Crippen LogP contribution in [0.1, 0.15) is 79.4 Å². The van der Waals surface area contributed by atoms with Crippen LogP contribution in [0.4, 0.5) is 5.69 Å². The zero-order valence-electron chi connectivity index (χ0n) is 19.8. The molecule has 1 unspecified atom stereocenters. The Morgan fingerprint density at radius 2 is 1.79 bits per heavy atom. The second kappa shape index (κ2) is 10.9. The SMILES string of the molecule is Cc1cncc(C(=O)Nc2cccc(C(C)N3CCC(C(=O)NC4CCCCC4)CC3)c2)c1. The summed E-state index contributed by atoms with van der Waals surface area (Å²) in [5.74, 6) is 0.231. The van der Waals surface area contributed by atoms with Crippen molar-refractivity contribution in [2.75, 3.05) is 18.4 Å². The highest BCUT2D eigenvalue weighted by Crippen LogP contribution is 2.29. The van der Waals surface area contributed by atoms with Crippen LogP contribution >= 0.6 is 0 Å². The molecule has 0 bridgehead atoms.